The van der Waals surface area contributed by atoms with Gasteiger partial charge in [0.05, 0.1) is 6.61 Å². The Kier molecular flexibility index (Phi) is 7.96. The first-order valence-electron chi connectivity index (χ1n) is 9.54. The minimum Gasteiger partial charge on any atom is -0.383 e. The molecule has 1 saturated carbocycles. The van der Waals surface area contributed by atoms with Crippen LogP contribution in [0.15, 0.2) is 4.99 Å². The summed E-state index contributed by atoms with van der Waals surface area (Å²) < 4.78 is 5.20. The van der Waals surface area contributed by atoms with Crippen LogP contribution >= 0.6 is 0 Å². The van der Waals surface area contributed by atoms with Crippen LogP contribution in [0.4, 0.5) is 0 Å². The van der Waals surface area contributed by atoms with E-state index >= 15 is 0 Å². The Balaban J connectivity index is 1.69. The van der Waals surface area contributed by atoms with Gasteiger partial charge in [-0.2, -0.15) is 0 Å². The van der Waals surface area contributed by atoms with Crippen LogP contribution in [-0.2, 0) is 9.53 Å². The van der Waals surface area contributed by atoms with E-state index in [1.807, 2.05) is 18.7 Å². The Labute approximate surface area is 152 Å². The third-order valence-corrected chi connectivity index (χ3v) is 4.90. The smallest absolute Gasteiger partial charge is 0.225 e. The molecule has 2 aliphatic rings. The van der Waals surface area contributed by atoms with Crippen molar-refractivity contribution in [1.29, 1.82) is 0 Å². The molecule has 0 aromatic carbocycles. The van der Waals surface area contributed by atoms with E-state index in [1.165, 1.54) is 12.8 Å². The summed E-state index contributed by atoms with van der Waals surface area (Å²) >= 11 is 0. The molecule has 0 aromatic heterocycles. The average molecular weight is 354 g/mol. The molecule has 0 spiro atoms. The Morgan fingerprint density at radius 1 is 1.32 bits per heavy atom. The van der Waals surface area contributed by atoms with Crippen molar-refractivity contribution in [2.45, 2.75) is 45.2 Å². The van der Waals surface area contributed by atoms with E-state index in [-0.39, 0.29) is 17.9 Å². The van der Waals surface area contributed by atoms with Crippen molar-refractivity contribution >= 4 is 11.9 Å². The van der Waals surface area contributed by atoms with Gasteiger partial charge in [0.1, 0.15) is 0 Å². The number of nitrogens with one attached hydrogen (secondary N) is 2. The number of guanidine groups is 1. The first-order chi connectivity index (χ1) is 12.0. The SMILES string of the molecule is CN=C(NCCN(CCOC)C1CC1)NC1CCN(C(=O)C(C)C)C1. The Bertz CT molecular complexity index is 451. The zero-order chi connectivity index (χ0) is 18.2. The molecule has 0 aromatic rings. The maximum Gasteiger partial charge on any atom is 0.225 e. The highest BCUT2D eigenvalue weighted by molar-refractivity contribution is 5.81. The lowest BCUT2D eigenvalue weighted by atomic mass is 10.2. The second kappa shape index (κ2) is 9.97. The number of ether oxygens (including phenoxy) is 1. The molecule has 1 heterocycles. The summed E-state index contributed by atoms with van der Waals surface area (Å²) in [5.41, 5.74) is 0. The summed E-state index contributed by atoms with van der Waals surface area (Å²) in [4.78, 5) is 20.9. The van der Waals surface area contributed by atoms with Gasteiger partial charge in [-0.25, -0.2) is 0 Å². The minimum absolute atomic E-state index is 0.0664. The monoisotopic (exact) mass is 353 g/mol. The minimum atomic E-state index is 0.0664. The topological polar surface area (TPSA) is 69.2 Å². The van der Waals surface area contributed by atoms with Crippen molar-refractivity contribution in [3.8, 4) is 0 Å². The molecule has 25 heavy (non-hydrogen) atoms. The van der Waals surface area contributed by atoms with E-state index in [4.69, 9.17) is 4.74 Å². The van der Waals surface area contributed by atoms with E-state index < -0.39 is 0 Å². The summed E-state index contributed by atoms with van der Waals surface area (Å²) in [7, 11) is 3.55. The van der Waals surface area contributed by atoms with Crippen LogP contribution in [0.1, 0.15) is 33.1 Å². The van der Waals surface area contributed by atoms with Crippen molar-refractivity contribution < 1.29 is 9.53 Å². The quantitative estimate of drug-likeness (QED) is 0.467. The first kappa shape index (κ1) is 20.0. The third-order valence-electron chi connectivity index (χ3n) is 4.90. The Hall–Kier alpha value is -1.34. The molecule has 0 bridgehead atoms. The molecular weight excluding hydrogens is 318 g/mol. The number of carbonyl (C=O) groups excluding carboxylic acids is 1. The fourth-order valence-corrected chi connectivity index (χ4v) is 3.27. The normalized spacial score (nSPS) is 21.3. The van der Waals surface area contributed by atoms with E-state index in [2.05, 4.69) is 20.5 Å². The first-order valence-corrected chi connectivity index (χ1v) is 9.54. The number of carbonyl (C=O) groups is 1. The van der Waals surface area contributed by atoms with E-state index in [1.54, 1.807) is 14.2 Å². The number of hydrogen-bond acceptors (Lipinski definition) is 4. The van der Waals surface area contributed by atoms with Crippen LogP contribution in [0.3, 0.4) is 0 Å². The molecule has 144 valence electrons. The van der Waals surface area contributed by atoms with Crippen molar-refractivity contribution in [3.63, 3.8) is 0 Å². The largest absolute Gasteiger partial charge is 0.383 e. The third kappa shape index (κ3) is 6.47. The predicted octanol–water partition coefficient (Wildman–Crippen LogP) is 0.519. The average Bonchev–Trinajstić information content (AvgIpc) is 3.34. The standard InChI is InChI=1S/C18H35N5O2/c1-14(2)17(24)23-9-7-15(13-23)21-18(19-3)20-8-10-22(11-12-25-4)16-5-6-16/h14-16H,5-13H2,1-4H3,(H2,19,20,21). The van der Waals surface area contributed by atoms with Crippen LogP contribution in [0.25, 0.3) is 0 Å². The summed E-state index contributed by atoms with van der Waals surface area (Å²) in [6, 6.07) is 1.01. The zero-order valence-electron chi connectivity index (χ0n) is 16.3. The molecule has 7 heteroatoms. The number of amides is 1. The van der Waals surface area contributed by atoms with E-state index in [9.17, 15) is 4.79 Å². The number of nitrogens with zero attached hydrogens (tertiary/aromatic N) is 3. The molecule has 2 rings (SSSR count). The highest BCUT2D eigenvalue weighted by Crippen LogP contribution is 2.25. The second-order valence-electron chi connectivity index (χ2n) is 7.33. The van der Waals surface area contributed by atoms with Crippen LogP contribution in [-0.4, -0.2) is 87.2 Å². The van der Waals surface area contributed by atoms with Crippen molar-refractivity contribution in [2.75, 3.05) is 53.5 Å². The van der Waals surface area contributed by atoms with Gasteiger partial charge >= 0.3 is 0 Å². The molecule has 7 nitrogen and oxygen atoms in total. The van der Waals surface area contributed by atoms with Gasteiger partial charge in [0.2, 0.25) is 5.91 Å². The lowest BCUT2D eigenvalue weighted by Gasteiger charge is -2.23. The van der Waals surface area contributed by atoms with Crippen LogP contribution in [0, 0.1) is 5.92 Å². The molecular formula is C18H35N5O2. The number of hydrogen-bond donors (Lipinski definition) is 2. The van der Waals surface area contributed by atoms with E-state index in [0.29, 0.717) is 0 Å². The highest BCUT2D eigenvalue weighted by Gasteiger charge is 2.29. The van der Waals surface area contributed by atoms with Crippen molar-refractivity contribution in [2.24, 2.45) is 10.9 Å². The van der Waals surface area contributed by atoms with Gasteiger partial charge in [-0.05, 0) is 19.3 Å². The zero-order valence-corrected chi connectivity index (χ0v) is 16.3. The number of methoxy groups -OCH3 is 1. The van der Waals surface area contributed by atoms with Gasteiger partial charge < -0.3 is 20.3 Å². The van der Waals surface area contributed by atoms with Crippen LogP contribution < -0.4 is 10.6 Å². The van der Waals surface area contributed by atoms with Crippen molar-refractivity contribution in [3.05, 3.63) is 0 Å². The fraction of sp³-hybridized carbons (Fsp3) is 0.889. The molecule has 1 aliphatic heterocycles. The summed E-state index contributed by atoms with van der Waals surface area (Å²) in [5, 5.41) is 6.86. The number of aliphatic imine (C=N–C) groups is 1. The number of rotatable bonds is 9. The summed E-state index contributed by atoms with van der Waals surface area (Å²) in [6.07, 6.45) is 3.58. The number of likely N-dealkylation sites (tertiary alicyclic amines) is 1. The maximum atomic E-state index is 12.1. The van der Waals surface area contributed by atoms with Crippen molar-refractivity contribution in [1.82, 2.24) is 20.4 Å². The summed E-state index contributed by atoms with van der Waals surface area (Å²) in [6.45, 7) is 9.14. The Morgan fingerprint density at radius 3 is 2.68 bits per heavy atom. The molecule has 2 fully saturated rings. The fourth-order valence-electron chi connectivity index (χ4n) is 3.27. The van der Waals surface area contributed by atoms with Gasteiger partial charge in [0.25, 0.3) is 0 Å². The van der Waals surface area contributed by atoms with Gasteiger partial charge in [-0.1, -0.05) is 13.8 Å². The molecule has 1 atom stereocenters. The second-order valence-corrected chi connectivity index (χ2v) is 7.33. The van der Waals surface area contributed by atoms with Gasteiger partial charge in [-0.3, -0.25) is 14.7 Å². The van der Waals surface area contributed by atoms with E-state index in [0.717, 1.165) is 57.8 Å². The molecule has 1 unspecified atom stereocenters. The van der Waals surface area contributed by atoms with Gasteiger partial charge in [0, 0.05) is 64.9 Å². The van der Waals surface area contributed by atoms with Crippen LogP contribution in [0.5, 0.6) is 0 Å². The predicted molar refractivity (Wildman–Crippen MR) is 101 cm³/mol. The van der Waals surface area contributed by atoms with Gasteiger partial charge in [0.15, 0.2) is 5.96 Å². The Morgan fingerprint density at radius 2 is 2.08 bits per heavy atom. The lowest BCUT2D eigenvalue weighted by molar-refractivity contribution is -0.133. The molecule has 1 saturated heterocycles. The highest BCUT2D eigenvalue weighted by atomic mass is 16.5. The molecule has 1 amide bonds. The molecule has 1 aliphatic carbocycles. The maximum absolute atomic E-state index is 12.1. The summed E-state index contributed by atoms with van der Waals surface area (Å²) in [5.74, 6) is 1.13. The molecule has 0 radical (unpaired) electrons. The molecule has 2 N–H and O–H groups in total. The lowest BCUT2D eigenvalue weighted by Crippen LogP contribution is -2.47. The van der Waals surface area contributed by atoms with Gasteiger partial charge in [-0.15, -0.1) is 0 Å². The van der Waals surface area contributed by atoms with Crippen LogP contribution in [0.2, 0.25) is 0 Å².